The zero-order valence-electron chi connectivity index (χ0n) is 18.2. The highest BCUT2D eigenvalue weighted by atomic mass is 35.5. The Hall–Kier alpha value is -3.21. The molecule has 4 rings (SSSR count). The van der Waals surface area contributed by atoms with E-state index in [1.807, 2.05) is 62.4 Å². The standard InChI is InChI=1S/C27H22Cl2O4/c1-3-31-26-13-18(6-11-24(26)32-16-20-9-10-22(28)15-23(20)29)12-21-14-25(33-27(21)30)19-7-4-17(2)5-8-19/h4-15H,3,16H2,1-2H3. The summed E-state index contributed by atoms with van der Waals surface area (Å²) in [6.45, 7) is 4.65. The molecule has 0 unspecified atom stereocenters. The van der Waals surface area contributed by atoms with E-state index in [2.05, 4.69) is 0 Å². The summed E-state index contributed by atoms with van der Waals surface area (Å²) in [6.07, 6.45) is 3.52. The van der Waals surface area contributed by atoms with Crippen molar-refractivity contribution in [3.05, 3.63) is 105 Å². The number of hydrogen-bond donors (Lipinski definition) is 0. The van der Waals surface area contributed by atoms with Gasteiger partial charge in [0.1, 0.15) is 12.4 Å². The largest absolute Gasteiger partial charge is 0.490 e. The number of aryl methyl sites for hydroxylation is 1. The van der Waals surface area contributed by atoms with Crippen LogP contribution in [0.3, 0.4) is 0 Å². The molecule has 1 aliphatic heterocycles. The third-order valence-electron chi connectivity index (χ3n) is 5.05. The van der Waals surface area contributed by atoms with Crippen LogP contribution in [0.5, 0.6) is 11.5 Å². The van der Waals surface area contributed by atoms with E-state index in [9.17, 15) is 4.79 Å². The molecule has 33 heavy (non-hydrogen) atoms. The zero-order chi connectivity index (χ0) is 23.4. The van der Waals surface area contributed by atoms with Crippen LogP contribution in [0, 0.1) is 6.92 Å². The van der Waals surface area contributed by atoms with Crippen LogP contribution in [-0.4, -0.2) is 12.6 Å². The van der Waals surface area contributed by atoms with Crippen LogP contribution in [-0.2, 0) is 16.1 Å². The molecule has 1 aliphatic rings. The lowest BCUT2D eigenvalue weighted by molar-refractivity contribution is -0.130. The van der Waals surface area contributed by atoms with Crippen LogP contribution in [0.1, 0.15) is 29.2 Å². The van der Waals surface area contributed by atoms with Crippen molar-refractivity contribution < 1.29 is 19.0 Å². The molecule has 4 nitrogen and oxygen atoms in total. The average Bonchev–Trinajstić information content (AvgIpc) is 3.15. The molecule has 3 aromatic rings. The molecule has 0 saturated carbocycles. The fourth-order valence-electron chi connectivity index (χ4n) is 3.32. The molecule has 0 saturated heterocycles. The predicted molar refractivity (Wildman–Crippen MR) is 132 cm³/mol. The Labute approximate surface area is 203 Å². The van der Waals surface area contributed by atoms with Gasteiger partial charge < -0.3 is 14.2 Å². The second-order valence-corrected chi connectivity index (χ2v) is 8.37. The molecule has 0 N–H and O–H groups in total. The molecule has 0 bridgehead atoms. The molecule has 0 radical (unpaired) electrons. The number of carbonyl (C=O) groups excluding carboxylic acids is 1. The number of rotatable bonds is 7. The van der Waals surface area contributed by atoms with Crippen molar-refractivity contribution in [2.75, 3.05) is 6.61 Å². The summed E-state index contributed by atoms with van der Waals surface area (Å²) in [5.74, 6) is 1.30. The maximum atomic E-state index is 12.4. The number of carbonyl (C=O) groups is 1. The molecule has 0 amide bonds. The predicted octanol–water partition coefficient (Wildman–Crippen LogP) is 7.26. The molecule has 1 heterocycles. The first-order valence-corrected chi connectivity index (χ1v) is 11.2. The van der Waals surface area contributed by atoms with Crippen molar-refractivity contribution in [3.8, 4) is 11.5 Å². The average molecular weight is 481 g/mol. The molecular weight excluding hydrogens is 459 g/mol. The minimum absolute atomic E-state index is 0.269. The quantitative estimate of drug-likeness (QED) is 0.263. The van der Waals surface area contributed by atoms with Crippen LogP contribution in [0.2, 0.25) is 10.0 Å². The maximum Gasteiger partial charge on any atom is 0.343 e. The van der Waals surface area contributed by atoms with Gasteiger partial charge in [-0.2, -0.15) is 0 Å². The first-order chi connectivity index (χ1) is 15.9. The van der Waals surface area contributed by atoms with Gasteiger partial charge in [0.15, 0.2) is 11.5 Å². The van der Waals surface area contributed by atoms with Crippen molar-refractivity contribution in [1.82, 2.24) is 0 Å². The van der Waals surface area contributed by atoms with Gasteiger partial charge in [0.2, 0.25) is 0 Å². The second kappa shape index (κ2) is 10.2. The fourth-order valence-corrected chi connectivity index (χ4v) is 3.79. The topological polar surface area (TPSA) is 44.8 Å². The number of hydrogen-bond acceptors (Lipinski definition) is 4. The Kier molecular flexibility index (Phi) is 7.07. The van der Waals surface area contributed by atoms with Gasteiger partial charge in [0, 0.05) is 21.2 Å². The van der Waals surface area contributed by atoms with E-state index in [-0.39, 0.29) is 12.6 Å². The van der Waals surface area contributed by atoms with E-state index < -0.39 is 0 Å². The maximum absolute atomic E-state index is 12.4. The molecule has 0 aromatic heterocycles. The molecule has 168 valence electrons. The summed E-state index contributed by atoms with van der Waals surface area (Å²) < 4.78 is 17.2. The van der Waals surface area contributed by atoms with Gasteiger partial charge in [-0.15, -0.1) is 0 Å². The number of halogens is 2. The highest BCUT2D eigenvalue weighted by Crippen LogP contribution is 2.33. The Bertz CT molecular complexity index is 1240. The van der Waals surface area contributed by atoms with E-state index in [0.717, 1.165) is 22.3 Å². The third-order valence-corrected chi connectivity index (χ3v) is 5.64. The Morgan fingerprint density at radius 3 is 2.45 bits per heavy atom. The minimum atomic E-state index is -0.388. The highest BCUT2D eigenvalue weighted by molar-refractivity contribution is 6.35. The Morgan fingerprint density at radius 1 is 0.939 bits per heavy atom. The van der Waals surface area contributed by atoms with Gasteiger partial charge in [-0.05, 0) is 55.8 Å². The molecule has 0 fully saturated rings. The van der Waals surface area contributed by atoms with Crippen molar-refractivity contribution >= 4 is 41.0 Å². The van der Waals surface area contributed by atoms with Crippen LogP contribution in [0.4, 0.5) is 0 Å². The van der Waals surface area contributed by atoms with Gasteiger partial charge in [-0.1, -0.05) is 65.2 Å². The van der Waals surface area contributed by atoms with Gasteiger partial charge in [0.05, 0.1) is 12.2 Å². The lowest BCUT2D eigenvalue weighted by Crippen LogP contribution is -2.01. The first kappa shape index (κ1) is 23.0. The summed E-state index contributed by atoms with van der Waals surface area (Å²) in [5, 5.41) is 1.11. The van der Waals surface area contributed by atoms with Crippen molar-refractivity contribution in [3.63, 3.8) is 0 Å². The van der Waals surface area contributed by atoms with Crippen molar-refractivity contribution in [2.45, 2.75) is 20.5 Å². The Morgan fingerprint density at radius 2 is 1.73 bits per heavy atom. The number of ether oxygens (including phenoxy) is 3. The monoisotopic (exact) mass is 480 g/mol. The summed E-state index contributed by atoms with van der Waals surface area (Å²) >= 11 is 12.2. The van der Waals surface area contributed by atoms with Crippen molar-refractivity contribution in [2.24, 2.45) is 0 Å². The van der Waals surface area contributed by atoms with Crippen LogP contribution in [0.25, 0.3) is 11.8 Å². The van der Waals surface area contributed by atoms with E-state index >= 15 is 0 Å². The van der Waals surface area contributed by atoms with Gasteiger partial charge in [0.25, 0.3) is 0 Å². The lowest BCUT2D eigenvalue weighted by atomic mass is 10.1. The zero-order valence-corrected chi connectivity index (χ0v) is 19.7. The number of cyclic esters (lactones) is 1. The van der Waals surface area contributed by atoms with E-state index in [4.69, 9.17) is 37.4 Å². The summed E-state index contributed by atoms with van der Waals surface area (Å²) in [6, 6.07) is 18.6. The van der Waals surface area contributed by atoms with Crippen LogP contribution < -0.4 is 9.47 Å². The summed E-state index contributed by atoms with van der Waals surface area (Å²) in [5.41, 5.74) is 4.08. The van der Waals surface area contributed by atoms with E-state index in [1.165, 1.54) is 0 Å². The smallest absolute Gasteiger partial charge is 0.343 e. The van der Waals surface area contributed by atoms with Crippen molar-refractivity contribution in [1.29, 1.82) is 0 Å². The Balaban J connectivity index is 1.55. The van der Waals surface area contributed by atoms with Gasteiger partial charge in [-0.25, -0.2) is 4.79 Å². The normalized spacial score (nSPS) is 14.2. The van der Waals surface area contributed by atoms with E-state index in [0.29, 0.717) is 39.5 Å². The van der Waals surface area contributed by atoms with Crippen LogP contribution in [0.15, 0.2) is 72.3 Å². The third kappa shape index (κ3) is 5.59. The molecule has 0 spiro atoms. The van der Waals surface area contributed by atoms with E-state index in [1.54, 1.807) is 24.3 Å². The molecule has 6 heteroatoms. The number of benzene rings is 3. The minimum Gasteiger partial charge on any atom is -0.490 e. The number of esters is 1. The van der Waals surface area contributed by atoms with Gasteiger partial charge >= 0.3 is 5.97 Å². The molecule has 0 aliphatic carbocycles. The second-order valence-electron chi connectivity index (χ2n) is 7.53. The lowest BCUT2D eigenvalue weighted by Gasteiger charge is -2.13. The van der Waals surface area contributed by atoms with Gasteiger partial charge in [-0.3, -0.25) is 0 Å². The molecular formula is C27H22Cl2O4. The summed E-state index contributed by atoms with van der Waals surface area (Å²) in [7, 11) is 0. The highest BCUT2D eigenvalue weighted by Gasteiger charge is 2.22. The SMILES string of the molecule is CCOc1cc(C=C2C=C(c3ccc(C)cc3)OC2=O)ccc1OCc1ccc(Cl)cc1Cl. The summed E-state index contributed by atoms with van der Waals surface area (Å²) in [4.78, 5) is 12.4. The molecule has 0 atom stereocenters. The first-order valence-electron chi connectivity index (χ1n) is 10.5. The fraction of sp³-hybridized carbons (Fsp3) is 0.148. The molecule has 3 aromatic carbocycles. The van der Waals surface area contributed by atoms with Crippen LogP contribution >= 0.6 is 23.2 Å².